The van der Waals surface area contributed by atoms with Crippen molar-refractivity contribution in [2.45, 2.75) is 0 Å². The molecule has 52 heavy (non-hydrogen) atoms. The Kier molecular flexibility index (Phi) is 6.48. The van der Waals surface area contributed by atoms with Crippen LogP contribution in [0.3, 0.4) is 0 Å². The van der Waals surface area contributed by atoms with Gasteiger partial charge in [0.15, 0.2) is 5.82 Å². The molecule has 0 fully saturated rings. The highest BCUT2D eigenvalue weighted by molar-refractivity contribution is 6.12. The van der Waals surface area contributed by atoms with E-state index in [1.54, 1.807) is 24.3 Å². The largest absolute Gasteiger partial charge is 0.306 e. The van der Waals surface area contributed by atoms with Gasteiger partial charge in [0, 0.05) is 32.7 Å². The van der Waals surface area contributed by atoms with Crippen LogP contribution in [0.5, 0.6) is 0 Å². The molecule has 0 unspecified atom stereocenters. The number of aromatic nitrogens is 5. The maximum atomic E-state index is 9.59. The van der Waals surface area contributed by atoms with E-state index in [0.29, 0.717) is 39.4 Å². The highest BCUT2D eigenvalue weighted by Gasteiger charge is 2.24. The summed E-state index contributed by atoms with van der Waals surface area (Å²) in [7, 11) is 0. The van der Waals surface area contributed by atoms with Crippen LogP contribution in [0.1, 0.15) is 11.1 Å². The highest BCUT2D eigenvalue weighted by Crippen LogP contribution is 2.40. The number of nitrogens with zero attached hydrogens (tertiary/aromatic N) is 7. The van der Waals surface area contributed by atoms with Crippen LogP contribution in [0.15, 0.2) is 152 Å². The molecule has 0 aliphatic rings. The summed E-state index contributed by atoms with van der Waals surface area (Å²) in [5.41, 5.74) is 10.2. The fourth-order valence-electron chi connectivity index (χ4n) is 7.48. The van der Waals surface area contributed by atoms with Gasteiger partial charge in [-0.15, -0.1) is 0 Å². The summed E-state index contributed by atoms with van der Waals surface area (Å²) in [5, 5.41) is 23.7. The van der Waals surface area contributed by atoms with Gasteiger partial charge >= 0.3 is 0 Å². The predicted octanol–water partition coefficient (Wildman–Crippen LogP) is 10.3. The lowest BCUT2D eigenvalue weighted by Gasteiger charge is -2.17. The van der Waals surface area contributed by atoms with Crippen LogP contribution in [0, 0.1) is 22.7 Å². The van der Waals surface area contributed by atoms with Gasteiger partial charge in [-0.2, -0.15) is 10.5 Å². The van der Waals surface area contributed by atoms with Gasteiger partial charge in [0.25, 0.3) is 0 Å². The lowest BCUT2D eigenvalue weighted by molar-refractivity contribution is 1.06. The Labute approximate surface area is 297 Å². The molecular formula is C45H25N7. The van der Waals surface area contributed by atoms with E-state index in [0.717, 1.165) is 60.4 Å². The van der Waals surface area contributed by atoms with Crippen molar-refractivity contribution < 1.29 is 0 Å². The molecule has 0 atom stereocenters. The van der Waals surface area contributed by atoms with Crippen molar-refractivity contribution in [3.8, 4) is 46.2 Å². The molecular weight excluding hydrogens is 639 g/mol. The van der Waals surface area contributed by atoms with Gasteiger partial charge in [-0.3, -0.25) is 4.57 Å². The van der Waals surface area contributed by atoms with Gasteiger partial charge < -0.3 is 4.57 Å². The van der Waals surface area contributed by atoms with Crippen LogP contribution < -0.4 is 0 Å². The average Bonchev–Trinajstić information content (AvgIpc) is 3.73. The van der Waals surface area contributed by atoms with Crippen molar-refractivity contribution in [1.29, 1.82) is 10.5 Å². The topological polar surface area (TPSA) is 96.1 Å². The molecule has 7 nitrogen and oxygen atoms in total. The van der Waals surface area contributed by atoms with E-state index in [2.05, 4.69) is 106 Å². The Morgan fingerprint density at radius 2 is 0.808 bits per heavy atom. The third-order valence-corrected chi connectivity index (χ3v) is 9.85. The number of fused-ring (bicyclic) bond motifs is 7. The highest BCUT2D eigenvalue weighted by atomic mass is 15.1. The Bertz CT molecular complexity index is 2820. The van der Waals surface area contributed by atoms with Gasteiger partial charge in [-0.1, -0.05) is 97.1 Å². The van der Waals surface area contributed by atoms with Crippen LogP contribution in [0.4, 0.5) is 0 Å². The minimum atomic E-state index is 0.554. The number of hydrogen-bond acceptors (Lipinski definition) is 5. The van der Waals surface area contributed by atoms with Crippen LogP contribution in [0.2, 0.25) is 0 Å². The number of rotatable bonds is 4. The zero-order chi connectivity index (χ0) is 34.8. The molecule has 0 aliphatic carbocycles. The van der Waals surface area contributed by atoms with E-state index in [1.165, 1.54) is 0 Å². The molecule has 0 N–H and O–H groups in total. The minimum Gasteiger partial charge on any atom is -0.306 e. The van der Waals surface area contributed by atoms with E-state index >= 15 is 0 Å². The third-order valence-electron chi connectivity index (χ3n) is 9.85. The summed E-state index contributed by atoms with van der Waals surface area (Å²) in [4.78, 5) is 16.3. The summed E-state index contributed by atoms with van der Waals surface area (Å²) in [6, 6.07) is 52.8. The van der Waals surface area contributed by atoms with Gasteiger partial charge in [-0.25, -0.2) is 15.0 Å². The van der Waals surface area contributed by atoms with Crippen LogP contribution >= 0.6 is 0 Å². The first-order valence-corrected chi connectivity index (χ1v) is 16.9. The van der Waals surface area contributed by atoms with Crippen molar-refractivity contribution >= 4 is 54.6 Å². The number of benzene rings is 6. The summed E-state index contributed by atoms with van der Waals surface area (Å²) in [5.74, 6) is 0.658. The van der Waals surface area contributed by atoms with E-state index in [9.17, 15) is 10.5 Å². The van der Waals surface area contributed by atoms with Crippen LogP contribution in [-0.2, 0) is 0 Å². The first-order valence-electron chi connectivity index (χ1n) is 16.9. The average molecular weight is 664 g/mol. The quantitative estimate of drug-likeness (QED) is 0.187. The molecule has 0 saturated heterocycles. The van der Waals surface area contributed by atoms with Gasteiger partial charge in [-0.05, 0) is 48.5 Å². The number of nitriles is 2. The van der Waals surface area contributed by atoms with Crippen molar-refractivity contribution in [3.63, 3.8) is 0 Å². The standard InChI is InChI=1S/C45H25N7/c46-25-28-17-21-30(22-18-28)41-42(31-23-19-29(26-47)20-24-31)50-44-43(49-41)40(51-36-13-5-1-9-32(36)33-10-2-6-14-37(33)51)27-48-45(44)52-38-15-7-3-11-34(38)35-12-4-8-16-39(35)52/h1-24,27H. The zero-order valence-electron chi connectivity index (χ0n) is 27.6. The number of para-hydroxylation sites is 4. The first-order chi connectivity index (χ1) is 25.7. The molecule has 10 aromatic rings. The molecule has 0 spiro atoms. The summed E-state index contributed by atoms with van der Waals surface area (Å²) >= 11 is 0. The maximum Gasteiger partial charge on any atom is 0.166 e. The van der Waals surface area contributed by atoms with Crippen molar-refractivity contribution in [3.05, 3.63) is 163 Å². The number of hydrogen-bond donors (Lipinski definition) is 0. The van der Waals surface area contributed by atoms with Crippen molar-refractivity contribution in [1.82, 2.24) is 24.1 Å². The second-order valence-electron chi connectivity index (χ2n) is 12.7. The Balaban J connectivity index is 1.39. The minimum absolute atomic E-state index is 0.554. The van der Waals surface area contributed by atoms with Gasteiger partial charge in [0.1, 0.15) is 11.0 Å². The molecule has 4 heterocycles. The molecule has 4 aromatic heterocycles. The third kappa shape index (κ3) is 4.34. The molecule has 7 heteroatoms. The molecule has 0 amide bonds. The lowest BCUT2D eigenvalue weighted by atomic mass is 10.0. The number of pyridine rings is 1. The van der Waals surface area contributed by atoms with E-state index in [1.807, 2.05) is 42.6 Å². The fourth-order valence-corrected chi connectivity index (χ4v) is 7.48. The van der Waals surface area contributed by atoms with Crippen LogP contribution in [0.25, 0.3) is 88.7 Å². The van der Waals surface area contributed by atoms with E-state index in [4.69, 9.17) is 15.0 Å². The first kappa shape index (κ1) is 29.3. The Hall–Kier alpha value is -7.61. The zero-order valence-corrected chi connectivity index (χ0v) is 27.6. The normalized spacial score (nSPS) is 11.4. The molecule has 6 aromatic carbocycles. The Morgan fingerprint density at radius 1 is 0.423 bits per heavy atom. The van der Waals surface area contributed by atoms with Gasteiger partial charge in [0.2, 0.25) is 0 Å². The molecule has 10 rings (SSSR count). The Morgan fingerprint density at radius 3 is 1.23 bits per heavy atom. The predicted molar refractivity (Wildman–Crippen MR) is 206 cm³/mol. The molecule has 0 radical (unpaired) electrons. The maximum absolute atomic E-state index is 9.59. The van der Waals surface area contributed by atoms with Gasteiger partial charge in [0.05, 0.1) is 68.6 Å². The molecule has 0 bridgehead atoms. The smallest absolute Gasteiger partial charge is 0.166 e. The lowest BCUT2D eigenvalue weighted by Crippen LogP contribution is -2.07. The second-order valence-corrected chi connectivity index (χ2v) is 12.7. The summed E-state index contributed by atoms with van der Waals surface area (Å²) in [6.45, 7) is 0. The van der Waals surface area contributed by atoms with Crippen LogP contribution in [-0.4, -0.2) is 24.1 Å². The van der Waals surface area contributed by atoms with E-state index < -0.39 is 0 Å². The fraction of sp³-hybridized carbons (Fsp3) is 0. The monoisotopic (exact) mass is 663 g/mol. The molecule has 240 valence electrons. The summed E-state index contributed by atoms with van der Waals surface area (Å²) < 4.78 is 4.41. The van der Waals surface area contributed by atoms with Crippen molar-refractivity contribution in [2.24, 2.45) is 0 Å². The van der Waals surface area contributed by atoms with E-state index in [-0.39, 0.29) is 0 Å². The molecule has 0 saturated carbocycles. The summed E-state index contributed by atoms with van der Waals surface area (Å²) in [6.07, 6.45) is 1.92. The van der Waals surface area contributed by atoms with Crippen molar-refractivity contribution in [2.75, 3.05) is 0 Å². The second kappa shape index (κ2) is 11.5. The SMILES string of the molecule is N#Cc1ccc(-c2nc3c(-n4c5ccccc5c5ccccc54)cnc(-n4c5ccccc5c5ccccc54)c3nc2-c2ccc(C#N)cc2)cc1. The molecule has 0 aliphatic heterocycles.